The maximum atomic E-state index is 10.6. The van der Waals surface area contributed by atoms with Crippen molar-refractivity contribution in [2.24, 2.45) is 0 Å². The third kappa shape index (κ3) is 4.41. The number of nitrogens with zero attached hydrogens (tertiary/aromatic N) is 4. The second-order valence-electron chi connectivity index (χ2n) is 4.14. The SMILES string of the molecule is CCCCN(CC)c1nnc(SCC(=O)O)n1CC. The van der Waals surface area contributed by atoms with Crippen molar-refractivity contribution in [3.63, 3.8) is 0 Å². The lowest BCUT2D eigenvalue weighted by Gasteiger charge is -2.21. The highest BCUT2D eigenvalue weighted by Crippen LogP contribution is 2.22. The Balaban J connectivity index is 2.85. The Morgan fingerprint density at radius 3 is 2.63 bits per heavy atom. The van der Waals surface area contributed by atoms with Gasteiger partial charge >= 0.3 is 5.97 Å². The van der Waals surface area contributed by atoms with Crippen LogP contribution in [0.3, 0.4) is 0 Å². The van der Waals surface area contributed by atoms with Crippen molar-refractivity contribution < 1.29 is 9.90 Å². The van der Waals surface area contributed by atoms with Gasteiger partial charge in [-0.15, -0.1) is 10.2 Å². The van der Waals surface area contributed by atoms with Crippen molar-refractivity contribution in [2.75, 3.05) is 23.7 Å². The highest BCUT2D eigenvalue weighted by Gasteiger charge is 2.16. The van der Waals surface area contributed by atoms with Gasteiger partial charge in [0.25, 0.3) is 0 Å². The van der Waals surface area contributed by atoms with Crippen LogP contribution in [0.2, 0.25) is 0 Å². The minimum absolute atomic E-state index is 0.0131. The second-order valence-corrected chi connectivity index (χ2v) is 5.08. The third-order valence-electron chi connectivity index (χ3n) is 2.78. The number of rotatable bonds is 9. The van der Waals surface area contributed by atoms with E-state index in [1.807, 2.05) is 11.5 Å². The Morgan fingerprint density at radius 2 is 2.11 bits per heavy atom. The van der Waals surface area contributed by atoms with Crippen LogP contribution in [0, 0.1) is 0 Å². The van der Waals surface area contributed by atoms with Crippen molar-refractivity contribution in [3.05, 3.63) is 0 Å². The normalized spacial score (nSPS) is 10.7. The molecule has 0 saturated carbocycles. The van der Waals surface area contributed by atoms with Crippen LogP contribution in [0.4, 0.5) is 5.95 Å². The molecular formula is C12H22N4O2S. The van der Waals surface area contributed by atoms with Crippen LogP contribution in [0.5, 0.6) is 0 Å². The number of hydrogen-bond donors (Lipinski definition) is 1. The monoisotopic (exact) mass is 286 g/mol. The highest BCUT2D eigenvalue weighted by atomic mass is 32.2. The van der Waals surface area contributed by atoms with Crippen molar-refractivity contribution in [3.8, 4) is 0 Å². The fourth-order valence-corrected chi connectivity index (χ4v) is 2.49. The lowest BCUT2D eigenvalue weighted by atomic mass is 10.3. The molecule has 0 atom stereocenters. The highest BCUT2D eigenvalue weighted by molar-refractivity contribution is 7.99. The Morgan fingerprint density at radius 1 is 1.37 bits per heavy atom. The van der Waals surface area contributed by atoms with E-state index in [1.54, 1.807) is 0 Å². The van der Waals surface area contributed by atoms with Crippen LogP contribution in [0.1, 0.15) is 33.6 Å². The third-order valence-corrected chi connectivity index (χ3v) is 3.74. The van der Waals surface area contributed by atoms with Crippen molar-refractivity contribution in [1.82, 2.24) is 14.8 Å². The summed E-state index contributed by atoms with van der Waals surface area (Å²) in [6, 6.07) is 0. The fourth-order valence-electron chi connectivity index (χ4n) is 1.77. The number of anilines is 1. The lowest BCUT2D eigenvalue weighted by Crippen LogP contribution is -2.27. The molecule has 1 rings (SSSR count). The van der Waals surface area contributed by atoms with Gasteiger partial charge in [-0.3, -0.25) is 9.36 Å². The van der Waals surface area contributed by atoms with E-state index in [1.165, 1.54) is 11.8 Å². The Hall–Kier alpha value is -1.24. The average molecular weight is 286 g/mol. The Bertz CT molecular complexity index is 408. The summed E-state index contributed by atoms with van der Waals surface area (Å²) in [5.41, 5.74) is 0. The molecule has 0 aliphatic carbocycles. The van der Waals surface area contributed by atoms with E-state index in [2.05, 4.69) is 28.9 Å². The van der Waals surface area contributed by atoms with Gasteiger partial charge in [-0.05, 0) is 20.3 Å². The van der Waals surface area contributed by atoms with Gasteiger partial charge in [0.05, 0.1) is 5.75 Å². The summed E-state index contributed by atoms with van der Waals surface area (Å²) in [4.78, 5) is 12.8. The Kier molecular flexibility index (Phi) is 6.69. The van der Waals surface area contributed by atoms with E-state index in [0.717, 1.165) is 38.4 Å². The van der Waals surface area contributed by atoms with Crippen LogP contribution in [-0.2, 0) is 11.3 Å². The summed E-state index contributed by atoms with van der Waals surface area (Å²) in [5, 5.41) is 17.7. The number of carboxylic acids is 1. The quantitative estimate of drug-likeness (QED) is 0.701. The zero-order chi connectivity index (χ0) is 14.3. The summed E-state index contributed by atoms with van der Waals surface area (Å²) in [7, 11) is 0. The average Bonchev–Trinajstić information content (AvgIpc) is 2.80. The second kappa shape index (κ2) is 8.04. The molecule has 0 fully saturated rings. The summed E-state index contributed by atoms with van der Waals surface area (Å²) >= 11 is 1.22. The lowest BCUT2D eigenvalue weighted by molar-refractivity contribution is -0.133. The van der Waals surface area contributed by atoms with E-state index in [9.17, 15) is 4.79 Å². The number of hydrogen-bond acceptors (Lipinski definition) is 5. The summed E-state index contributed by atoms with van der Waals surface area (Å²) in [6.45, 7) is 8.84. The van der Waals surface area contributed by atoms with Gasteiger partial charge < -0.3 is 10.0 Å². The van der Waals surface area contributed by atoms with Crippen LogP contribution >= 0.6 is 11.8 Å². The summed E-state index contributed by atoms with van der Waals surface area (Å²) < 4.78 is 1.98. The predicted molar refractivity (Wildman–Crippen MR) is 76.9 cm³/mol. The molecule has 0 unspecified atom stereocenters. The van der Waals surface area contributed by atoms with Gasteiger partial charge in [0.2, 0.25) is 5.95 Å². The molecule has 6 nitrogen and oxygen atoms in total. The maximum absolute atomic E-state index is 10.6. The van der Waals surface area contributed by atoms with Crippen LogP contribution in [-0.4, -0.2) is 44.7 Å². The first-order valence-electron chi connectivity index (χ1n) is 6.66. The molecule has 7 heteroatoms. The van der Waals surface area contributed by atoms with Gasteiger partial charge in [-0.2, -0.15) is 0 Å². The van der Waals surface area contributed by atoms with E-state index in [0.29, 0.717) is 5.16 Å². The number of carboxylic acid groups (broad SMARTS) is 1. The zero-order valence-corrected chi connectivity index (χ0v) is 12.6. The van der Waals surface area contributed by atoms with E-state index in [4.69, 9.17) is 5.11 Å². The van der Waals surface area contributed by atoms with E-state index < -0.39 is 5.97 Å². The van der Waals surface area contributed by atoms with Crippen LogP contribution in [0.15, 0.2) is 5.16 Å². The zero-order valence-electron chi connectivity index (χ0n) is 11.8. The molecule has 108 valence electrons. The standard InChI is InChI=1S/C12H22N4O2S/c1-4-7-8-15(5-2)11-13-14-12(16(11)6-3)19-9-10(17)18/h4-9H2,1-3H3,(H,17,18). The van der Waals surface area contributed by atoms with E-state index >= 15 is 0 Å². The predicted octanol–water partition coefficient (Wildman–Crippen LogP) is 2.10. The number of thioether (sulfide) groups is 1. The van der Waals surface area contributed by atoms with Crippen LogP contribution < -0.4 is 4.90 Å². The number of unbranched alkanes of at least 4 members (excludes halogenated alkanes) is 1. The molecule has 1 heterocycles. The molecule has 0 spiro atoms. The molecule has 0 aromatic carbocycles. The molecule has 1 aromatic rings. The molecule has 0 amide bonds. The molecule has 0 saturated heterocycles. The first-order valence-corrected chi connectivity index (χ1v) is 7.65. The molecule has 19 heavy (non-hydrogen) atoms. The smallest absolute Gasteiger partial charge is 0.313 e. The molecule has 1 aromatic heterocycles. The Labute approximate surface area is 118 Å². The van der Waals surface area contributed by atoms with Gasteiger partial charge in [-0.1, -0.05) is 25.1 Å². The molecule has 0 aliphatic heterocycles. The fraction of sp³-hybridized carbons (Fsp3) is 0.750. The minimum Gasteiger partial charge on any atom is -0.481 e. The van der Waals surface area contributed by atoms with Crippen LogP contribution in [0.25, 0.3) is 0 Å². The number of aliphatic carboxylic acids is 1. The summed E-state index contributed by atoms with van der Waals surface area (Å²) in [6.07, 6.45) is 2.25. The van der Waals surface area contributed by atoms with Gasteiger partial charge in [0.15, 0.2) is 5.16 Å². The number of carbonyl (C=O) groups is 1. The molecule has 0 bridgehead atoms. The van der Waals surface area contributed by atoms with Gasteiger partial charge in [0.1, 0.15) is 0 Å². The van der Waals surface area contributed by atoms with Gasteiger partial charge in [0, 0.05) is 19.6 Å². The largest absolute Gasteiger partial charge is 0.481 e. The molecule has 1 N–H and O–H groups in total. The molecule has 0 radical (unpaired) electrons. The van der Waals surface area contributed by atoms with E-state index in [-0.39, 0.29) is 5.75 Å². The summed E-state index contributed by atoms with van der Waals surface area (Å²) in [5.74, 6) is 0.0148. The molecule has 0 aliphatic rings. The van der Waals surface area contributed by atoms with Gasteiger partial charge in [-0.25, -0.2) is 0 Å². The van der Waals surface area contributed by atoms with Crippen molar-refractivity contribution in [1.29, 1.82) is 0 Å². The van der Waals surface area contributed by atoms with Crippen molar-refractivity contribution >= 4 is 23.7 Å². The number of aromatic nitrogens is 3. The molecular weight excluding hydrogens is 264 g/mol. The minimum atomic E-state index is -0.837. The first kappa shape index (κ1) is 15.8. The topological polar surface area (TPSA) is 71.2 Å². The maximum Gasteiger partial charge on any atom is 0.313 e. The first-order chi connectivity index (χ1) is 9.13. The van der Waals surface area contributed by atoms with Crippen molar-refractivity contribution in [2.45, 2.75) is 45.3 Å².